The van der Waals surface area contributed by atoms with Gasteiger partial charge in [-0.15, -0.1) is 0 Å². The molecule has 0 aliphatic carbocycles. The molecule has 1 aromatic carbocycles. The van der Waals surface area contributed by atoms with E-state index >= 15 is 0 Å². The molecule has 2 amide bonds. The molecule has 0 saturated carbocycles. The van der Waals surface area contributed by atoms with Crippen molar-refractivity contribution in [2.24, 2.45) is 0 Å². The second-order valence-corrected chi connectivity index (χ2v) is 7.95. The number of sulfone groups is 1. The summed E-state index contributed by atoms with van der Waals surface area (Å²) in [6.07, 6.45) is 3.24. The SMILES string of the molecule is O=C(Nc1cccc(S(=O)(=O)C(F)F)c1)N1CCC(c2ccn[nH]2)CC1. The molecular weight excluding hydrogens is 366 g/mol. The number of benzene rings is 1. The van der Waals surface area contributed by atoms with Crippen LogP contribution in [0.5, 0.6) is 0 Å². The predicted octanol–water partition coefficient (Wildman–Crippen LogP) is 2.82. The highest BCUT2D eigenvalue weighted by molar-refractivity contribution is 7.91. The van der Waals surface area contributed by atoms with Crippen LogP contribution >= 0.6 is 0 Å². The van der Waals surface area contributed by atoms with E-state index in [1.165, 1.54) is 12.1 Å². The zero-order valence-electron chi connectivity index (χ0n) is 13.7. The molecule has 1 aliphatic heterocycles. The number of anilines is 1. The van der Waals surface area contributed by atoms with E-state index in [4.69, 9.17) is 0 Å². The average Bonchev–Trinajstić information content (AvgIpc) is 3.16. The summed E-state index contributed by atoms with van der Waals surface area (Å²) in [5.74, 6) is -3.20. The standard InChI is InChI=1S/C16H18F2N4O3S/c17-15(18)26(24,25)13-3-1-2-12(10-13)20-16(23)22-8-5-11(6-9-22)14-4-7-19-21-14/h1-4,7,10-11,15H,5-6,8-9H2,(H,19,21)(H,20,23). The Morgan fingerprint density at radius 2 is 2.00 bits per heavy atom. The molecule has 0 radical (unpaired) electrons. The Hall–Kier alpha value is -2.49. The van der Waals surface area contributed by atoms with Gasteiger partial charge in [0.05, 0.1) is 4.90 Å². The molecule has 2 aromatic rings. The van der Waals surface area contributed by atoms with Crippen LogP contribution in [0.15, 0.2) is 41.4 Å². The summed E-state index contributed by atoms with van der Waals surface area (Å²) in [7, 11) is -4.70. The van der Waals surface area contributed by atoms with E-state index in [1.807, 2.05) is 6.07 Å². The van der Waals surface area contributed by atoms with Crippen LogP contribution in [-0.4, -0.2) is 48.4 Å². The molecule has 1 aromatic heterocycles. The number of amides is 2. The lowest BCUT2D eigenvalue weighted by atomic mass is 9.94. The number of nitrogens with zero attached hydrogens (tertiary/aromatic N) is 2. The maximum absolute atomic E-state index is 12.6. The lowest BCUT2D eigenvalue weighted by Gasteiger charge is -2.31. The van der Waals surface area contributed by atoms with Gasteiger partial charge in [0.15, 0.2) is 0 Å². The molecule has 0 spiro atoms. The number of hydrogen-bond acceptors (Lipinski definition) is 4. The van der Waals surface area contributed by atoms with Crippen molar-refractivity contribution < 1.29 is 22.0 Å². The van der Waals surface area contributed by atoms with E-state index in [1.54, 1.807) is 11.1 Å². The number of hydrogen-bond donors (Lipinski definition) is 2. The van der Waals surface area contributed by atoms with Gasteiger partial charge in [0.2, 0.25) is 9.84 Å². The zero-order chi connectivity index (χ0) is 18.7. The van der Waals surface area contributed by atoms with Gasteiger partial charge < -0.3 is 10.2 Å². The monoisotopic (exact) mass is 384 g/mol. The number of aromatic amines is 1. The van der Waals surface area contributed by atoms with Crippen molar-refractivity contribution in [2.75, 3.05) is 18.4 Å². The van der Waals surface area contributed by atoms with E-state index in [2.05, 4.69) is 15.5 Å². The first kappa shape index (κ1) is 18.3. The minimum absolute atomic E-state index is 0.160. The van der Waals surface area contributed by atoms with Crippen molar-refractivity contribution >= 4 is 21.6 Å². The molecular formula is C16H18F2N4O3S. The first-order valence-corrected chi connectivity index (χ1v) is 9.60. The predicted molar refractivity (Wildman–Crippen MR) is 90.8 cm³/mol. The largest absolute Gasteiger partial charge is 0.341 e. The van der Waals surface area contributed by atoms with E-state index in [9.17, 15) is 22.0 Å². The number of alkyl halides is 2. The lowest BCUT2D eigenvalue weighted by molar-refractivity contribution is 0.194. The third-order valence-electron chi connectivity index (χ3n) is 4.39. The summed E-state index contributed by atoms with van der Waals surface area (Å²) in [4.78, 5) is 13.4. The molecule has 7 nitrogen and oxygen atoms in total. The number of urea groups is 1. The number of likely N-dealkylation sites (tertiary alicyclic amines) is 1. The maximum atomic E-state index is 12.6. The fourth-order valence-corrected chi connectivity index (χ4v) is 3.71. The molecule has 0 unspecified atom stereocenters. The number of nitrogens with one attached hydrogen (secondary N) is 2. The number of carbonyl (C=O) groups is 1. The Labute approximate surface area is 149 Å². The van der Waals surface area contributed by atoms with Crippen LogP contribution in [0.4, 0.5) is 19.3 Å². The summed E-state index contributed by atoms with van der Waals surface area (Å²) in [5, 5.41) is 9.43. The number of H-pyrrole nitrogens is 1. The Kier molecular flexibility index (Phi) is 5.21. The van der Waals surface area contributed by atoms with Crippen LogP contribution in [0.2, 0.25) is 0 Å². The second-order valence-electron chi connectivity index (χ2n) is 6.04. The van der Waals surface area contributed by atoms with Gasteiger partial charge in [-0.2, -0.15) is 13.9 Å². The topological polar surface area (TPSA) is 95.2 Å². The minimum Gasteiger partial charge on any atom is -0.324 e. The van der Waals surface area contributed by atoms with E-state index < -0.39 is 20.5 Å². The molecule has 0 atom stereocenters. The van der Waals surface area contributed by atoms with Crippen molar-refractivity contribution in [2.45, 2.75) is 29.4 Å². The van der Waals surface area contributed by atoms with Gasteiger partial charge in [-0.25, -0.2) is 13.2 Å². The molecule has 3 rings (SSSR count). The molecule has 1 aliphatic rings. The summed E-state index contributed by atoms with van der Waals surface area (Å²) in [5.41, 5.74) is 1.20. The molecule has 0 bridgehead atoms. The molecule has 26 heavy (non-hydrogen) atoms. The Balaban J connectivity index is 1.62. The average molecular weight is 384 g/mol. The Morgan fingerprint density at radius 3 is 2.62 bits per heavy atom. The highest BCUT2D eigenvalue weighted by Crippen LogP contribution is 2.27. The fraction of sp³-hybridized carbons (Fsp3) is 0.375. The van der Waals surface area contributed by atoms with Crippen LogP contribution in [0.25, 0.3) is 0 Å². The van der Waals surface area contributed by atoms with Gasteiger partial charge in [0.25, 0.3) is 0 Å². The van der Waals surface area contributed by atoms with Crippen LogP contribution in [0.1, 0.15) is 24.5 Å². The van der Waals surface area contributed by atoms with Crippen molar-refractivity contribution in [1.29, 1.82) is 0 Å². The number of carbonyl (C=O) groups excluding carboxylic acids is 1. The molecule has 1 saturated heterocycles. The van der Waals surface area contributed by atoms with E-state index in [0.717, 1.165) is 30.7 Å². The molecule has 1 fully saturated rings. The Morgan fingerprint density at radius 1 is 1.27 bits per heavy atom. The third kappa shape index (κ3) is 3.85. The number of halogens is 2. The number of aromatic nitrogens is 2. The van der Waals surface area contributed by atoms with Gasteiger partial charge in [-0.05, 0) is 37.1 Å². The highest BCUT2D eigenvalue weighted by Gasteiger charge is 2.27. The first-order valence-electron chi connectivity index (χ1n) is 8.05. The second kappa shape index (κ2) is 7.40. The summed E-state index contributed by atoms with van der Waals surface area (Å²) in [6.45, 7) is 1.06. The highest BCUT2D eigenvalue weighted by atomic mass is 32.2. The van der Waals surface area contributed by atoms with Gasteiger partial charge in [0, 0.05) is 36.6 Å². The van der Waals surface area contributed by atoms with Crippen LogP contribution < -0.4 is 5.32 Å². The molecule has 140 valence electrons. The van der Waals surface area contributed by atoms with Crippen LogP contribution in [0, 0.1) is 0 Å². The normalized spacial score (nSPS) is 16.0. The molecule has 10 heteroatoms. The van der Waals surface area contributed by atoms with Crippen molar-refractivity contribution in [3.05, 3.63) is 42.2 Å². The minimum atomic E-state index is -4.70. The smallest absolute Gasteiger partial charge is 0.324 e. The number of rotatable bonds is 4. The third-order valence-corrected chi connectivity index (χ3v) is 5.77. The van der Waals surface area contributed by atoms with E-state index in [-0.39, 0.29) is 11.7 Å². The van der Waals surface area contributed by atoms with Crippen molar-refractivity contribution in [3.8, 4) is 0 Å². The summed E-state index contributed by atoms with van der Waals surface area (Å²) in [6, 6.07) is 6.41. The van der Waals surface area contributed by atoms with Gasteiger partial charge >= 0.3 is 11.8 Å². The fourth-order valence-electron chi connectivity index (χ4n) is 2.94. The zero-order valence-corrected chi connectivity index (χ0v) is 14.5. The summed E-state index contributed by atoms with van der Waals surface area (Å²) >= 11 is 0. The van der Waals surface area contributed by atoms with Crippen LogP contribution in [0.3, 0.4) is 0 Å². The van der Waals surface area contributed by atoms with Crippen molar-refractivity contribution in [3.63, 3.8) is 0 Å². The summed E-state index contributed by atoms with van der Waals surface area (Å²) < 4.78 is 48.4. The van der Waals surface area contributed by atoms with Gasteiger partial charge in [-0.3, -0.25) is 5.10 Å². The van der Waals surface area contributed by atoms with Crippen molar-refractivity contribution in [1.82, 2.24) is 15.1 Å². The van der Waals surface area contributed by atoms with Crippen LogP contribution in [-0.2, 0) is 9.84 Å². The quantitative estimate of drug-likeness (QED) is 0.847. The number of piperidine rings is 1. The maximum Gasteiger partial charge on any atom is 0.341 e. The molecule has 2 N–H and O–H groups in total. The Bertz CT molecular complexity index is 863. The van der Waals surface area contributed by atoms with Gasteiger partial charge in [-0.1, -0.05) is 6.07 Å². The van der Waals surface area contributed by atoms with E-state index in [0.29, 0.717) is 19.0 Å². The first-order chi connectivity index (χ1) is 12.4. The molecule has 2 heterocycles. The lowest BCUT2D eigenvalue weighted by Crippen LogP contribution is -2.40. The van der Waals surface area contributed by atoms with Gasteiger partial charge in [0.1, 0.15) is 0 Å².